The highest BCUT2D eigenvalue weighted by Gasteiger charge is 2.12. The first-order valence-electron chi connectivity index (χ1n) is 7.84. The van der Waals surface area contributed by atoms with E-state index in [1.165, 1.54) is 0 Å². The fourth-order valence-electron chi connectivity index (χ4n) is 2.49. The van der Waals surface area contributed by atoms with Crippen LogP contribution in [-0.4, -0.2) is 36.3 Å². The van der Waals surface area contributed by atoms with Gasteiger partial charge in [0.05, 0.1) is 6.61 Å². The first-order valence-corrected chi connectivity index (χ1v) is 7.84. The predicted molar refractivity (Wildman–Crippen MR) is 90.4 cm³/mol. The second kappa shape index (κ2) is 7.70. The SMILES string of the molecule is COCCNC(=O)CCc1nc(-c2cccc3ccccc23)no1. The molecule has 2 aromatic carbocycles. The number of amides is 1. The lowest BCUT2D eigenvalue weighted by Crippen LogP contribution is -2.27. The smallest absolute Gasteiger partial charge is 0.227 e. The molecule has 1 aromatic heterocycles. The van der Waals surface area contributed by atoms with Crippen LogP contribution < -0.4 is 5.32 Å². The average Bonchev–Trinajstić information content (AvgIpc) is 3.08. The Bertz CT molecular complexity index is 824. The van der Waals surface area contributed by atoms with Crippen molar-refractivity contribution in [2.45, 2.75) is 12.8 Å². The maximum atomic E-state index is 11.7. The Morgan fingerprint density at radius 2 is 2.04 bits per heavy atom. The van der Waals surface area contributed by atoms with Gasteiger partial charge in [-0.25, -0.2) is 0 Å². The van der Waals surface area contributed by atoms with E-state index in [1.807, 2.05) is 42.5 Å². The van der Waals surface area contributed by atoms with Gasteiger partial charge in [-0.05, 0) is 10.8 Å². The van der Waals surface area contributed by atoms with Gasteiger partial charge in [0.25, 0.3) is 0 Å². The van der Waals surface area contributed by atoms with Gasteiger partial charge in [0.2, 0.25) is 17.6 Å². The summed E-state index contributed by atoms with van der Waals surface area (Å²) in [6.45, 7) is 0.998. The number of hydrogen-bond donors (Lipinski definition) is 1. The zero-order valence-corrected chi connectivity index (χ0v) is 13.5. The molecule has 0 aliphatic rings. The van der Waals surface area contributed by atoms with Crippen LogP contribution in [0.4, 0.5) is 0 Å². The van der Waals surface area contributed by atoms with E-state index in [0.717, 1.165) is 16.3 Å². The van der Waals surface area contributed by atoms with E-state index in [9.17, 15) is 4.79 Å². The van der Waals surface area contributed by atoms with Crippen molar-refractivity contribution in [1.82, 2.24) is 15.5 Å². The minimum Gasteiger partial charge on any atom is -0.383 e. The third-order valence-electron chi connectivity index (χ3n) is 3.69. The number of carbonyl (C=O) groups is 1. The lowest BCUT2D eigenvalue weighted by atomic mass is 10.0. The van der Waals surface area contributed by atoms with Crippen LogP contribution in [0, 0.1) is 0 Å². The first kappa shape index (κ1) is 16.1. The minimum absolute atomic E-state index is 0.0584. The summed E-state index contributed by atoms with van der Waals surface area (Å²) in [5.74, 6) is 0.943. The molecule has 0 unspecified atom stereocenters. The van der Waals surface area contributed by atoms with Gasteiger partial charge in [0.15, 0.2) is 0 Å². The predicted octanol–water partition coefficient (Wildman–Crippen LogP) is 2.59. The van der Waals surface area contributed by atoms with Crippen LogP contribution in [0.3, 0.4) is 0 Å². The Labute approximate surface area is 139 Å². The van der Waals surface area contributed by atoms with Crippen molar-refractivity contribution < 1.29 is 14.1 Å². The van der Waals surface area contributed by atoms with Crippen LogP contribution in [-0.2, 0) is 16.0 Å². The summed E-state index contributed by atoms with van der Waals surface area (Å²) >= 11 is 0. The standard InChI is InChI=1S/C18H19N3O3/c1-23-12-11-19-16(22)9-10-17-20-18(21-24-17)15-8-4-6-13-5-2-3-7-14(13)15/h2-8H,9-12H2,1H3,(H,19,22). The number of methoxy groups -OCH3 is 1. The number of ether oxygens (including phenoxy) is 1. The number of hydrogen-bond acceptors (Lipinski definition) is 5. The molecule has 0 aliphatic carbocycles. The fourth-order valence-corrected chi connectivity index (χ4v) is 2.49. The first-order chi connectivity index (χ1) is 11.8. The zero-order chi connectivity index (χ0) is 16.8. The van der Waals surface area contributed by atoms with Crippen LogP contribution in [0.25, 0.3) is 22.2 Å². The van der Waals surface area contributed by atoms with E-state index in [1.54, 1.807) is 7.11 Å². The largest absolute Gasteiger partial charge is 0.383 e. The van der Waals surface area contributed by atoms with E-state index in [2.05, 4.69) is 15.5 Å². The normalized spacial score (nSPS) is 10.9. The minimum atomic E-state index is -0.0584. The lowest BCUT2D eigenvalue weighted by molar-refractivity contribution is -0.121. The van der Waals surface area contributed by atoms with Crippen molar-refractivity contribution in [2.75, 3.05) is 20.3 Å². The Morgan fingerprint density at radius 3 is 2.92 bits per heavy atom. The monoisotopic (exact) mass is 325 g/mol. The molecule has 0 saturated heterocycles. The molecule has 6 nitrogen and oxygen atoms in total. The molecule has 0 bridgehead atoms. The summed E-state index contributed by atoms with van der Waals surface area (Å²) in [5, 5.41) is 9.01. The maximum Gasteiger partial charge on any atom is 0.227 e. The van der Waals surface area contributed by atoms with Gasteiger partial charge in [-0.3, -0.25) is 4.79 Å². The maximum absolute atomic E-state index is 11.7. The average molecular weight is 325 g/mol. The van der Waals surface area contributed by atoms with Crippen LogP contribution >= 0.6 is 0 Å². The molecule has 0 atom stereocenters. The Kier molecular flexibility index (Phi) is 5.18. The number of carbonyl (C=O) groups excluding carboxylic acids is 1. The van der Waals surface area contributed by atoms with Crippen LogP contribution in [0.15, 0.2) is 47.0 Å². The molecule has 0 spiro atoms. The van der Waals surface area contributed by atoms with Crippen molar-refractivity contribution in [1.29, 1.82) is 0 Å². The molecule has 1 heterocycles. The lowest BCUT2D eigenvalue weighted by Gasteiger charge is -2.02. The summed E-state index contributed by atoms with van der Waals surface area (Å²) in [6, 6.07) is 14.0. The molecule has 1 amide bonds. The van der Waals surface area contributed by atoms with Crippen molar-refractivity contribution in [3.63, 3.8) is 0 Å². The van der Waals surface area contributed by atoms with Crippen LogP contribution in [0.1, 0.15) is 12.3 Å². The molecule has 3 aromatic rings. The van der Waals surface area contributed by atoms with E-state index in [-0.39, 0.29) is 5.91 Å². The third-order valence-corrected chi connectivity index (χ3v) is 3.69. The molecular formula is C18H19N3O3. The van der Waals surface area contributed by atoms with Gasteiger partial charge >= 0.3 is 0 Å². The number of nitrogens with one attached hydrogen (secondary N) is 1. The Hall–Kier alpha value is -2.73. The van der Waals surface area contributed by atoms with E-state index < -0.39 is 0 Å². The van der Waals surface area contributed by atoms with E-state index in [0.29, 0.717) is 37.7 Å². The molecule has 0 radical (unpaired) electrons. The zero-order valence-electron chi connectivity index (χ0n) is 13.5. The summed E-state index contributed by atoms with van der Waals surface area (Å²) in [7, 11) is 1.60. The molecule has 24 heavy (non-hydrogen) atoms. The second-order valence-electron chi connectivity index (χ2n) is 5.38. The van der Waals surface area contributed by atoms with Crippen LogP contribution in [0.5, 0.6) is 0 Å². The Morgan fingerprint density at radius 1 is 1.21 bits per heavy atom. The fraction of sp³-hybridized carbons (Fsp3) is 0.278. The summed E-state index contributed by atoms with van der Waals surface area (Å²) in [4.78, 5) is 16.1. The van der Waals surface area contributed by atoms with Gasteiger partial charge < -0.3 is 14.6 Å². The summed E-state index contributed by atoms with van der Waals surface area (Å²) in [6.07, 6.45) is 0.720. The molecule has 3 rings (SSSR count). The van der Waals surface area contributed by atoms with E-state index in [4.69, 9.17) is 9.26 Å². The number of nitrogens with zero attached hydrogens (tertiary/aromatic N) is 2. The van der Waals surface area contributed by atoms with Gasteiger partial charge in [0.1, 0.15) is 0 Å². The van der Waals surface area contributed by atoms with Crippen LogP contribution in [0.2, 0.25) is 0 Å². The number of benzene rings is 2. The van der Waals surface area contributed by atoms with Crippen molar-refractivity contribution in [2.24, 2.45) is 0 Å². The number of fused-ring (bicyclic) bond motifs is 1. The number of rotatable bonds is 7. The molecule has 0 aliphatic heterocycles. The van der Waals surface area contributed by atoms with Gasteiger partial charge in [-0.1, -0.05) is 47.6 Å². The molecule has 1 N–H and O–H groups in total. The highest BCUT2D eigenvalue weighted by Crippen LogP contribution is 2.26. The van der Waals surface area contributed by atoms with Crippen molar-refractivity contribution in [3.05, 3.63) is 48.4 Å². The van der Waals surface area contributed by atoms with E-state index >= 15 is 0 Å². The highest BCUT2D eigenvalue weighted by molar-refractivity contribution is 5.94. The molecule has 6 heteroatoms. The second-order valence-corrected chi connectivity index (χ2v) is 5.38. The van der Waals surface area contributed by atoms with Crippen molar-refractivity contribution in [3.8, 4) is 11.4 Å². The molecule has 0 fully saturated rings. The number of aromatic nitrogens is 2. The topological polar surface area (TPSA) is 77.2 Å². The summed E-state index contributed by atoms with van der Waals surface area (Å²) in [5.41, 5.74) is 0.924. The van der Waals surface area contributed by atoms with Gasteiger partial charge in [-0.15, -0.1) is 0 Å². The quantitative estimate of drug-likeness (QED) is 0.676. The Balaban J connectivity index is 1.68. The highest BCUT2D eigenvalue weighted by atomic mass is 16.5. The number of aryl methyl sites for hydroxylation is 1. The van der Waals surface area contributed by atoms with Gasteiger partial charge in [0, 0.05) is 32.1 Å². The molecular weight excluding hydrogens is 306 g/mol. The molecule has 0 saturated carbocycles. The van der Waals surface area contributed by atoms with Gasteiger partial charge in [-0.2, -0.15) is 4.98 Å². The summed E-state index contributed by atoms with van der Waals surface area (Å²) < 4.78 is 10.2. The molecule has 124 valence electrons. The van der Waals surface area contributed by atoms with Crippen molar-refractivity contribution >= 4 is 16.7 Å². The third kappa shape index (κ3) is 3.78.